The molecule has 1 saturated carbocycles. The fourth-order valence-electron chi connectivity index (χ4n) is 2.60. The standard InChI is InChI=1S/C18H17BrClNO2/c1-23-14-8-9-16(19)15(10-14)18(22)21-17(11-2-3-11)12-4-6-13(20)7-5-12/h4-11,17H,2-3H2,1H3,(H,21,22). The zero-order valence-corrected chi connectivity index (χ0v) is 15.0. The van der Waals surface area contributed by atoms with Crippen molar-refractivity contribution in [2.75, 3.05) is 7.11 Å². The maximum Gasteiger partial charge on any atom is 0.253 e. The lowest BCUT2D eigenvalue weighted by Crippen LogP contribution is -2.30. The number of nitrogens with one attached hydrogen (secondary N) is 1. The fraction of sp³-hybridized carbons (Fsp3) is 0.278. The molecule has 1 N–H and O–H groups in total. The van der Waals surface area contributed by atoms with Crippen molar-refractivity contribution in [1.82, 2.24) is 5.32 Å². The van der Waals surface area contributed by atoms with Crippen LogP contribution in [-0.2, 0) is 0 Å². The first-order chi connectivity index (χ1) is 11.1. The van der Waals surface area contributed by atoms with Gasteiger partial charge < -0.3 is 10.1 Å². The van der Waals surface area contributed by atoms with Crippen LogP contribution in [0.5, 0.6) is 5.75 Å². The van der Waals surface area contributed by atoms with Crippen molar-refractivity contribution in [3.8, 4) is 5.75 Å². The van der Waals surface area contributed by atoms with E-state index in [0.29, 0.717) is 22.3 Å². The minimum Gasteiger partial charge on any atom is -0.497 e. The zero-order valence-electron chi connectivity index (χ0n) is 12.7. The molecule has 5 heteroatoms. The van der Waals surface area contributed by atoms with Gasteiger partial charge in [-0.15, -0.1) is 0 Å². The molecule has 1 unspecified atom stereocenters. The van der Waals surface area contributed by atoms with E-state index in [0.717, 1.165) is 22.9 Å². The highest BCUT2D eigenvalue weighted by Crippen LogP contribution is 2.41. The largest absolute Gasteiger partial charge is 0.497 e. The maximum atomic E-state index is 12.7. The average Bonchev–Trinajstić information content (AvgIpc) is 3.38. The zero-order chi connectivity index (χ0) is 16.4. The minimum atomic E-state index is -0.109. The number of hydrogen-bond acceptors (Lipinski definition) is 2. The van der Waals surface area contributed by atoms with Crippen LogP contribution in [-0.4, -0.2) is 13.0 Å². The Labute approximate surface area is 149 Å². The third-order valence-electron chi connectivity index (χ3n) is 4.03. The van der Waals surface area contributed by atoms with Gasteiger partial charge in [0.05, 0.1) is 18.7 Å². The third kappa shape index (κ3) is 3.88. The number of halogens is 2. The number of carbonyl (C=O) groups is 1. The predicted octanol–water partition coefficient (Wildman–Crippen LogP) is 4.99. The van der Waals surface area contributed by atoms with E-state index >= 15 is 0 Å². The first kappa shape index (κ1) is 16.3. The van der Waals surface area contributed by atoms with Gasteiger partial charge in [0, 0.05) is 9.50 Å². The van der Waals surface area contributed by atoms with Gasteiger partial charge in [-0.2, -0.15) is 0 Å². The second-order valence-electron chi connectivity index (χ2n) is 5.69. The second-order valence-corrected chi connectivity index (χ2v) is 6.98. The van der Waals surface area contributed by atoms with E-state index in [1.165, 1.54) is 0 Å². The summed E-state index contributed by atoms with van der Waals surface area (Å²) < 4.78 is 5.96. The average molecular weight is 395 g/mol. The van der Waals surface area contributed by atoms with Crippen molar-refractivity contribution in [3.63, 3.8) is 0 Å². The van der Waals surface area contributed by atoms with Gasteiger partial charge in [0.25, 0.3) is 5.91 Å². The first-order valence-electron chi connectivity index (χ1n) is 7.48. The van der Waals surface area contributed by atoms with Crippen LogP contribution in [0, 0.1) is 5.92 Å². The van der Waals surface area contributed by atoms with E-state index in [2.05, 4.69) is 21.2 Å². The molecule has 23 heavy (non-hydrogen) atoms. The molecule has 0 saturated heterocycles. The summed E-state index contributed by atoms with van der Waals surface area (Å²) in [6.07, 6.45) is 2.26. The SMILES string of the molecule is COc1ccc(Br)c(C(=O)NC(c2ccc(Cl)cc2)C2CC2)c1. The highest BCUT2D eigenvalue weighted by Gasteiger charge is 2.33. The Hall–Kier alpha value is -1.52. The van der Waals surface area contributed by atoms with E-state index < -0.39 is 0 Å². The van der Waals surface area contributed by atoms with Gasteiger partial charge in [0.15, 0.2) is 0 Å². The lowest BCUT2D eigenvalue weighted by atomic mass is 10.0. The summed E-state index contributed by atoms with van der Waals surface area (Å²) in [6.45, 7) is 0. The molecule has 0 aliphatic heterocycles. The smallest absolute Gasteiger partial charge is 0.253 e. The normalized spacial score (nSPS) is 15.1. The van der Waals surface area contributed by atoms with Crippen LogP contribution in [0.3, 0.4) is 0 Å². The summed E-state index contributed by atoms with van der Waals surface area (Å²) in [7, 11) is 1.59. The molecule has 1 atom stereocenters. The molecule has 0 aromatic heterocycles. The van der Waals surface area contributed by atoms with E-state index in [1.807, 2.05) is 36.4 Å². The molecule has 1 amide bonds. The first-order valence-corrected chi connectivity index (χ1v) is 8.65. The molecular formula is C18H17BrClNO2. The lowest BCUT2D eigenvalue weighted by Gasteiger charge is -2.19. The number of amides is 1. The summed E-state index contributed by atoms with van der Waals surface area (Å²) in [5.41, 5.74) is 1.66. The Morgan fingerprint density at radius 1 is 1.26 bits per heavy atom. The highest BCUT2D eigenvalue weighted by atomic mass is 79.9. The number of benzene rings is 2. The van der Waals surface area contributed by atoms with Crippen LogP contribution in [0.4, 0.5) is 0 Å². The van der Waals surface area contributed by atoms with Crippen molar-refractivity contribution in [1.29, 1.82) is 0 Å². The second kappa shape index (κ2) is 6.93. The summed E-state index contributed by atoms with van der Waals surface area (Å²) in [5, 5.41) is 3.85. The van der Waals surface area contributed by atoms with E-state index in [-0.39, 0.29) is 11.9 Å². The van der Waals surface area contributed by atoms with E-state index in [4.69, 9.17) is 16.3 Å². The van der Waals surface area contributed by atoms with Gasteiger partial charge in [-0.25, -0.2) is 0 Å². The molecule has 2 aromatic carbocycles. The Morgan fingerprint density at radius 3 is 2.57 bits per heavy atom. The van der Waals surface area contributed by atoms with Crippen molar-refractivity contribution in [3.05, 3.63) is 63.1 Å². The van der Waals surface area contributed by atoms with Crippen LogP contribution in [0.1, 0.15) is 34.8 Å². The molecule has 3 rings (SSSR count). The quantitative estimate of drug-likeness (QED) is 0.775. The summed E-state index contributed by atoms with van der Waals surface area (Å²) in [4.78, 5) is 12.7. The number of methoxy groups -OCH3 is 1. The fourth-order valence-corrected chi connectivity index (χ4v) is 3.15. The number of hydrogen-bond donors (Lipinski definition) is 1. The molecule has 0 spiro atoms. The molecular weight excluding hydrogens is 378 g/mol. The Kier molecular flexibility index (Phi) is 4.93. The van der Waals surface area contributed by atoms with Crippen LogP contribution in [0.25, 0.3) is 0 Å². The molecule has 120 valence electrons. The van der Waals surface area contributed by atoms with Gasteiger partial charge in [0.1, 0.15) is 5.75 Å². The molecule has 3 nitrogen and oxygen atoms in total. The van der Waals surface area contributed by atoms with Crippen LogP contribution in [0.2, 0.25) is 5.02 Å². The van der Waals surface area contributed by atoms with E-state index in [1.54, 1.807) is 13.2 Å². The van der Waals surface area contributed by atoms with Gasteiger partial charge >= 0.3 is 0 Å². The Morgan fingerprint density at radius 2 is 1.96 bits per heavy atom. The third-order valence-corrected chi connectivity index (χ3v) is 4.97. The predicted molar refractivity (Wildman–Crippen MR) is 95.1 cm³/mol. The number of rotatable bonds is 5. The van der Waals surface area contributed by atoms with Crippen LogP contribution >= 0.6 is 27.5 Å². The van der Waals surface area contributed by atoms with E-state index in [9.17, 15) is 4.79 Å². The van der Waals surface area contributed by atoms with Crippen molar-refractivity contribution in [2.24, 2.45) is 5.92 Å². The molecule has 0 radical (unpaired) electrons. The molecule has 0 heterocycles. The number of carbonyl (C=O) groups excluding carboxylic acids is 1. The number of ether oxygens (including phenoxy) is 1. The van der Waals surface area contributed by atoms with Gasteiger partial charge in [-0.05, 0) is 70.6 Å². The minimum absolute atomic E-state index is 0.0119. The maximum absolute atomic E-state index is 12.7. The molecule has 1 aliphatic carbocycles. The van der Waals surface area contributed by atoms with Crippen molar-refractivity contribution < 1.29 is 9.53 Å². The summed E-state index contributed by atoms with van der Waals surface area (Å²) >= 11 is 9.39. The van der Waals surface area contributed by atoms with Crippen molar-refractivity contribution in [2.45, 2.75) is 18.9 Å². The molecule has 2 aromatic rings. The van der Waals surface area contributed by atoms with Gasteiger partial charge in [0.2, 0.25) is 0 Å². The monoisotopic (exact) mass is 393 g/mol. The Balaban J connectivity index is 1.83. The highest BCUT2D eigenvalue weighted by molar-refractivity contribution is 9.10. The Bertz CT molecular complexity index is 713. The molecule has 1 aliphatic rings. The van der Waals surface area contributed by atoms with Gasteiger partial charge in [-0.1, -0.05) is 23.7 Å². The summed E-state index contributed by atoms with van der Waals surface area (Å²) in [6, 6.07) is 13.1. The van der Waals surface area contributed by atoms with Crippen LogP contribution < -0.4 is 10.1 Å². The summed E-state index contributed by atoms with van der Waals surface area (Å²) in [5.74, 6) is 1.04. The van der Waals surface area contributed by atoms with Crippen LogP contribution in [0.15, 0.2) is 46.9 Å². The topological polar surface area (TPSA) is 38.3 Å². The molecule has 1 fully saturated rings. The molecule has 0 bridgehead atoms. The van der Waals surface area contributed by atoms with Crippen molar-refractivity contribution >= 4 is 33.4 Å². The lowest BCUT2D eigenvalue weighted by molar-refractivity contribution is 0.0930. The van der Waals surface area contributed by atoms with Gasteiger partial charge in [-0.3, -0.25) is 4.79 Å².